The monoisotopic (exact) mass is 288 g/mol. The SMILES string of the molecule is CCOC(=O)CCCCCSc1nnnn1CCO. The standard InChI is InChI=1S/C11H20N4O3S/c1-2-18-10(17)6-4-3-5-9-19-11-12-13-14-15(11)7-8-16/h16H,2-9H2,1H3. The van der Waals surface area contributed by atoms with E-state index in [0.29, 0.717) is 19.6 Å². The number of aliphatic hydroxyl groups excluding tert-OH is 1. The summed E-state index contributed by atoms with van der Waals surface area (Å²) < 4.78 is 6.44. The molecule has 0 saturated heterocycles. The van der Waals surface area contributed by atoms with Crippen LogP contribution >= 0.6 is 11.8 Å². The van der Waals surface area contributed by atoms with E-state index in [4.69, 9.17) is 9.84 Å². The quantitative estimate of drug-likeness (QED) is 0.388. The maximum atomic E-state index is 11.1. The Balaban J connectivity index is 2.07. The van der Waals surface area contributed by atoms with Crippen LogP contribution in [0.5, 0.6) is 0 Å². The van der Waals surface area contributed by atoms with E-state index in [1.807, 2.05) is 6.92 Å². The van der Waals surface area contributed by atoms with Crippen LogP contribution in [0.25, 0.3) is 0 Å². The number of esters is 1. The molecule has 0 bridgehead atoms. The molecule has 0 fully saturated rings. The lowest BCUT2D eigenvalue weighted by atomic mass is 10.2. The Hall–Kier alpha value is -1.15. The first-order chi connectivity index (χ1) is 9.27. The van der Waals surface area contributed by atoms with Crippen molar-refractivity contribution in [2.75, 3.05) is 19.0 Å². The van der Waals surface area contributed by atoms with Crippen molar-refractivity contribution in [3.05, 3.63) is 0 Å². The van der Waals surface area contributed by atoms with Crippen molar-refractivity contribution in [1.29, 1.82) is 0 Å². The molecule has 0 saturated carbocycles. The predicted octanol–water partition coefficient (Wildman–Crippen LogP) is 0.881. The lowest BCUT2D eigenvalue weighted by Crippen LogP contribution is -2.06. The van der Waals surface area contributed by atoms with Gasteiger partial charge >= 0.3 is 5.97 Å². The molecule has 1 heterocycles. The van der Waals surface area contributed by atoms with E-state index in [9.17, 15) is 4.79 Å². The molecule has 1 aromatic rings. The molecule has 0 aromatic carbocycles. The first kappa shape index (κ1) is 15.9. The fourth-order valence-electron chi connectivity index (χ4n) is 1.48. The van der Waals surface area contributed by atoms with Crippen LogP contribution in [-0.4, -0.2) is 50.2 Å². The van der Waals surface area contributed by atoms with Crippen molar-refractivity contribution in [2.24, 2.45) is 0 Å². The fraction of sp³-hybridized carbons (Fsp3) is 0.818. The van der Waals surface area contributed by atoms with E-state index >= 15 is 0 Å². The van der Waals surface area contributed by atoms with E-state index in [1.165, 1.54) is 0 Å². The van der Waals surface area contributed by atoms with Crippen molar-refractivity contribution in [3.8, 4) is 0 Å². The van der Waals surface area contributed by atoms with Crippen LogP contribution in [0.2, 0.25) is 0 Å². The minimum Gasteiger partial charge on any atom is -0.466 e. The van der Waals surface area contributed by atoms with Gasteiger partial charge < -0.3 is 9.84 Å². The molecule has 7 nitrogen and oxygen atoms in total. The van der Waals surface area contributed by atoms with E-state index in [2.05, 4.69) is 15.5 Å². The van der Waals surface area contributed by atoms with Gasteiger partial charge in [-0.15, -0.1) is 5.10 Å². The smallest absolute Gasteiger partial charge is 0.305 e. The van der Waals surface area contributed by atoms with Gasteiger partial charge in [0.25, 0.3) is 0 Å². The first-order valence-electron chi connectivity index (χ1n) is 6.43. The number of ether oxygens (including phenoxy) is 1. The number of nitrogens with zero attached hydrogens (tertiary/aromatic N) is 4. The zero-order valence-corrected chi connectivity index (χ0v) is 11.9. The number of aliphatic hydroxyl groups is 1. The largest absolute Gasteiger partial charge is 0.466 e. The Labute approximate surface area is 116 Å². The molecule has 1 N–H and O–H groups in total. The van der Waals surface area contributed by atoms with E-state index in [1.54, 1.807) is 16.4 Å². The average Bonchev–Trinajstić information content (AvgIpc) is 2.82. The summed E-state index contributed by atoms with van der Waals surface area (Å²) in [7, 11) is 0. The maximum Gasteiger partial charge on any atom is 0.305 e. The Morgan fingerprint density at radius 2 is 2.26 bits per heavy atom. The predicted molar refractivity (Wildman–Crippen MR) is 70.7 cm³/mol. The summed E-state index contributed by atoms with van der Waals surface area (Å²) in [6.45, 7) is 2.70. The average molecular weight is 288 g/mol. The molecule has 108 valence electrons. The van der Waals surface area contributed by atoms with Crippen LogP contribution in [0, 0.1) is 0 Å². The van der Waals surface area contributed by atoms with Gasteiger partial charge in [0.15, 0.2) is 0 Å². The highest BCUT2D eigenvalue weighted by molar-refractivity contribution is 7.99. The third kappa shape index (κ3) is 6.53. The third-order valence-corrected chi connectivity index (χ3v) is 3.42. The summed E-state index contributed by atoms with van der Waals surface area (Å²) in [5, 5.41) is 20.8. The molecule has 0 aliphatic carbocycles. The van der Waals surface area contributed by atoms with E-state index < -0.39 is 0 Å². The zero-order chi connectivity index (χ0) is 13.9. The molecule has 1 rings (SSSR count). The topological polar surface area (TPSA) is 90.1 Å². The van der Waals surface area contributed by atoms with Crippen molar-refractivity contribution in [3.63, 3.8) is 0 Å². The minimum atomic E-state index is -0.123. The molecular weight excluding hydrogens is 268 g/mol. The highest BCUT2D eigenvalue weighted by atomic mass is 32.2. The second kappa shape index (κ2) is 9.74. The number of rotatable bonds is 10. The molecule has 0 atom stereocenters. The Morgan fingerprint density at radius 3 is 3.00 bits per heavy atom. The van der Waals surface area contributed by atoms with Crippen LogP contribution in [0.4, 0.5) is 0 Å². The van der Waals surface area contributed by atoms with Crippen LogP contribution in [-0.2, 0) is 16.1 Å². The molecule has 0 aliphatic rings. The molecule has 0 radical (unpaired) electrons. The van der Waals surface area contributed by atoms with Crippen LogP contribution < -0.4 is 0 Å². The summed E-state index contributed by atoms with van der Waals surface area (Å²) in [6, 6.07) is 0. The van der Waals surface area contributed by atoms with Gasteiger partial charge in [-0.25, -0.2) is 4.68 Å². The number of thioether (sulfide) groups is 1. The molecule has 8 heteroatoms. The number of hydrogen-bond acceptors (Lipinski definition) is 7. The number of hydrogen-bond donors (Lipinski definition) is 1. The van der Waals surface area contributed by atoms with Gasteiger partial charge in [-0.1, -0.05) is 18.2 Å². The third-order valence-electron chi connectivity index (χ3n) is 2.37. The molecule has 1 aromatic heterocycles. The molecular formula is C11H20N4O3S. The lowest BCUT2D eigenvalue weighted by Gasteiger charge is -2.03. The Bertz CT molecular complexity index is 373. The van der Waals surface area contributed by atoms with Gasteiger partial charge in [0.1, 0.15) is 0 Å². The number of unbranched alkanes of at least 4 members (excludes halogenated alkanes) is 2. The summed E-state index contributed by atoms with van der Waals surface area (Å²) in [6.07, 6.45) is 3.31. The Morgan fingerprint density at radius 1 is 1.42 bits per heavy atom. The first-order valence-corrected chi connectivity index (χ1v) is 7.42. The summed E-state index contributed by atoms with van der Waals surface area (Å²) in [5.74, 6) is 0.774. The van der Waals surface area contributed by atoms with Crippen LogP contribution in [0.3, 0.4) is 0 Å². The number of aromatic nitrogens is 4. The lowest BCUT2D eigenvalue weighted by molar-refractivity contribution is -0.143. The van der Waals surface area contributed by atoms with E-state index in [0.717, 1.165) is 30.2 Å². The maximum absolute atomic E-state index is 11.1. The van der Waals surface area contributed by atoms with Gasteiger partial charge in [0, 0.05) is 12.2 Å². The number of tetrazole rings is 1. The van der Waals surface area contributed by atoms with Gasteiger partial charge in [-0.3, -0.25) is 4.79 Å². The van der Waals surface area contributed by atoms with Crippen LogP contribution in [0.1, 0.15) is 32.6 Å². The molecule has 0 aliphatic heterocycles. The second-order valence-corrected chi connectivity index (χ2v) is 4.93. The van der Waals surface area contributed by atoms with Crippen molar-refractivity contribution in [2.45, 2.75) is 44.3 Å². The second-order valence-electron chi connectivity index (χ2n) is 3.87. The summed E-state index contributed by atoms with van der Waals surface area (Å²) in [5.41, 5.74) is 0. The number of carbonyl (C=O) groups is 1. The Kier molecular flexibility index (Phi) is 8.15. The van der Waals surface area contributed by atoms with Gasteiger partial charge in [0.05, 0.1) is 19.8 Å². The normalized spacial score (nSPS) is 10.6. The summed E-state index contributed by atoms with van der Waals surface area (Å²) >= 11 is 1.56. The molecule has 19 heavy (non-hydrogen) atoms. The highest BCUT2D eigenvalue weighted by Crippen LogP contribution is 2.16. The molecule has 0 spiro atoms. The minimum absolute atomic E-state index is 0.0259. The van der Waals surface area contributed by atoms with Crippen molar-refractivity contribution in [1.82, 2.24) is 20.2 Å². The van der Waals surface area contributed by atoms with Crippen LogP contribution in [0.15, 0.2) is 5.16 Å². The van der Waals surface area contributed by atoms with Crippen molar-refractivity contribution >= 4 is 17.7 Å². The molecule has 0 amide bonds. The fourth-order valence-corrected chi connectivity index (χ4v) is 2.38. The highest BCUT2D eigenvalue weighted by Gasteiger charge is 2.06. The zero-order valence-electron chi connectivity index (χ0n) is 11.1. The van der Waals surface area contributed by atoms with Gasteiger partial charge in [-0.2, -0.15) is 0 Å². The molecule has 0 unspecified atom stereocenters. The summed E-state index contributed by atoms with van der Waals surface area (Å²) in [4.78, 5) is 11.1. The number of carbonyl (C=O) groups excluding carboxylic acids is 1. The van der Waals surface area contributed by atoms with Gasteiger partial charge in [-0.05, 0) is 30.2 Å². The van der Waals surface area contributed by atoms with Crippen molar-refractivity contribution < 1.29 is 14.6 Å². The van der Waals surface area contributed by atoms with E-state index in [-0.39, 0.29) is 12.6 Å². The van der Waals surface area contributed by atoms with Gasteiger partial charge in [0.2, 0.25) is 5.16 Å².